The minimum absolute atomic E-state index is 0.208. The van der Waals surface area contributed by atoms with E-state index in [2.05, 4.69) is 24.3 Å². The molecule has 1 aromatic rings. The number of hydrogen-bond acceptors (Lipinski definition) is 3. The van der Waals surface area contributed by atoms with Crippen molar-refractivity contribution in [3.05, 3.63) is 21.6 Å². The molecule has 0 saturated heterocycles. The van der Waals surface area contributed by atoms with Crippen molar-refractivity contribution in [3.8, 4) is 0 Å². The zero-order chi connectivity index (χ0) is 15.7. The summed E-state index contributed by atoms with van der Waals surface area (Å²) >= 11 is 6.10. The third-order valence-corrected chi connectivity index (χ3v) is 3.81. The van der Waals surface area contributed by atoms with Gasteiger partial charge in [-0.25, -0.2) is 4.68 Å². The fraction of sp³-hybridized carbons (Fsp3) is 0.750. The van der Waals surface area contributed by atoms with Gasteiger partial charge in [0.15, 0.2) is 0 Å². The molecule has 0 spiro atoms. The molecule has 120 valence electrons. The Morgan fingerprint density at radius 1 is 1.29 bits per heavy atom. The van der Waals surface area contributed by atoms with Crippen LogP contribution in [0.4, 0.5) is 5.69 Å². The molecule has 0 aromatic carbocycles. The molecule has 0 aliphatic heterocycles. The molecule has 1 N–H and O–H groups in total. The molecule has 1 rings (SSSR count). The van der Waals surface area contributed by atoms with Gasteiger partial charge in [0, 0.05) is 13.1 Å². The van der Waals surface area contributed by atoms with E-state index in [9.17, 15) is 4.79 Å². The van der Waals surface area contributed by atoms with Crippen LogP contribution in [0.15, 0.2) is 11.0 Å². The first-order valence-corrected chi connectivity index (χ1v) is 8.43. The van der Waals surface area contributed by atoms with Crippen LogP contribution in [-0.2, 0) is 6.54 Å². The van der Waals surface area contributed by atoms with Crippen LogP contribution in [0, 0.1) is 5.92 Å². The monoisotopic (exact) mass is 313 g/mol. The predicted molar refractivity (Wildman–Crippen MR) is 90.2 cm³/mol. The van der Waals surface area contributed by atoms with Crippen molar-refractivity contribution in [2.75, 3.05) is 11.9 Å². The zero-order valence-corrected chi connectivity index (χ0v) is 14.2. The maximum absolute atomic E-state index is 11.9. The van der Waals surface area contributed by atoms with Gasteiger partial charge in [-0.2, -0.15) is 5.10 Å². The SMILES string of the molecule is CCCn1ncc(NCCCCCCC(C)C)c(Cl)c1=O. The molecule has 0 bridgehead atoms. The topological polar surface area (TPSA) is 46.9 Å². The lowest BCUT2D eigenvalue weighted by Crippen LogP contribution is -2.24. The Hall–Kier alpha value is -1.03. The molecule has 1 heterocycles. The molecule has 0 aliphatic carbocycles. The van der Waals surface area contributed by atoms with E-state index in [4.69, 9.17) is 11.6 Å². The van der Waals surface area contributed by atoms with Gasteiger partial charge in [0.1, 0.15) is 5.02 Å². The van der Waals surface area contributed by atoms with E-state index >= 15 is 0 Å². The van der Waals surface area contributed by atoms with Crippen molar-refractivity contribution in [1.29, 1.82) is 0 Å². The van der Waals surface area contributed by atoms with Gasteiger partial charge in [-0.1, -0.05) is 58.1 Å². The highest BCUT2D eigenvalue weighted by Gasteiger charge is 2.08. The first-order valence-electron chi connectivity index (χ1n) is 8.05. The van der Waals surface area contributed by atoms with Crippen LogP contribution in [0.1, 0.15) is 59.3 Å². The van der Waals surface area contributed by atoms with Crippen molar-refractivity contribution < 1.29 is 0 Å². The predicted octanol–water partition coefficient (Wildman–Crippen LogP) is 4.33. The van der Waals surface area contributed by atoms with E-state index in [1.807, 2.05) is 6.92 Å². The van der Waals surface area contributed by atoms with Gasteiger partial charge >= 0.3 is 0 Å². The van der Waals surface area contributed by atoms with Crippen molar-refractivity contribution >= 4 is 17.3 Å². The number of anilines is 1. The third-order valence-electron chi connectivity index (χ3n) is 3.44. The summed E-state index contributed by atoms with van der Waals surface area (Å²) in [4.78, 5) is 11.9. The van der Waals surface area contributed by atoms with E-state index in [-0.39, 0.29) is 10.6 Å². The molecule has 0 unspecified atom stereocenters. The first-order chi connectivity index (χ1) is 10.1. The number of aryl methyl sites for hydroxylation is 1. The van der Waals surface area contributed by atoms with E-state index in [1.165, 1.54) is 30.4 Å². The second-order valence-corrected chi connectivity index (χ2v) is 6.30. The van der Waals surface area contributed by atoms with Crippen LogP contribution < -0.4 is 10.9 Å². The fourth-order valence-electron chi connectivity index (χ4n) is 2.21. The van der Waals surface area contributed by atoms with Crippen molar-refractivity contribution in [3.63, 3.8) is 0 Å². The summed E-state index contributed by atoms with van der Waals surface area (Å²) in [6.45, 7) is 7.97. The highest BCUT2D eigenvalue weighted by molar-refractivity contribution is 6.32. The molecule has 5 heteroatoms. The van der Waals surface area contributed by atoms with Crippen LogP contribution in [0.25, 0.3) is 0 Å². The van der Waals surface area contributed by atoms with E-state index < -0.39 is 0 Å². The van der Waals surface area contributed by atoms with Gasteiger partial charge in [-0.3, -0.25) is 4.79 Å². The van der Waals surface area contributed by atoms with Gasteiger partial charge in [-0.05, 0) is 18.8 Å². The van der Waals surface area contributed by atoms with E-state index in [0.29, 0.717) is 12.2 Å². The van der Waals surface area contributed by atoms with Gasteiger partial charge < -0.3 is 5.32 Å². The average molecular weight is 314 g/mol. The molecule has 4 nitrogen and oxygen atoms in total. The smallest absolute Gasteiger partial charge is 0.287 e. The number of nitrogens with one attached hydrogen (secondary N) is 1. The molecule has 0 aliphatic rings. The zero-order valence-electron chi connectivity index (χ0n) is 13.5. The second kappa shape index (κ2) is 9.82. The Bertz CT molecular complexity index is 471. The van der Waals surface area contributed by atoms with Crippen molar-refractivity contribution in [2.45, 2.75) is 65.8 Å². The number of halogens is 1. The van der Waals surface area contributed by atoms with Crippen LogP contribution in [0.2, 0.25) is 5.02 Å². The first kappa shape index (κ1) is 18.0. The summed E-state index contributed by atoms with van der Waals surface area (Å²) in [7, 11) is 0. The van der Waals surface area contributed by atoms with Gasteiger partial charge in [-0.15, -0.1) is 0 Å². The quantitative estimate of drug-likeness (QED) is 0.654. The van der Waals surface area contributed by atoms with Crippen LogP contribution in [0.5, 0.6) is 0 Å². The molecular formula is C16H28ClN3O. The molecule has 1 aromatic heterocycles. The number of unbranched alkanes of at least 4 members (excludes halogenated alkanes) is 3. The lowest BCUT2D eigenvalue weighted by Gasteiger charge is -2.10. The van der Waals surface area contributed by atoms with E-state index in [1.54, 1.807) is 6.20 Å². The average Bonchev–Trinajstić information content (AvgIpc) is 2.45. The highest BCUT2D eigenvalue weighted by atomic mass is 35.5. The maximum Gasteiger partial charge on any atom is 0.287 e. The van der Waals surface area contributed by atoms with Crippen molar-refractivity contribution in [2.24, 2.45) is 5.92 Å². The summed E-state index contributed by atoms with van der Waals surface area (Å²) < 4.78 is 1.42. The molecule has 0 amide bonds. The molecule has 0 radical (unpaired) electrons. The van der Waals surface area contributed by atoms with E-state index in [0.717, 1.165) is 25.3 Å². The third kappa shape index (κ3) is 6.51. The molecular weight excluding hydrogens is 286 g/mol. The standard InChI is InChI=1S/C16H28ClN3O/c1-4-11-20-16(21)15(17)14(12-19-20)18-10-8-6-5-7-9-13(2)3/h12-13,18H,4-11H2,1-3H3. The summed E-state index contributed by atoms with van der Waals surface area (Å²) in [5, 5.41) is 7.60. The van der Waals surface area contributed by atoms with Crippen LogP contribution in [-0.4, -0.2) is 16.3 Å². The second-order valence-electron chi connectivity index (χ2n) is 5.92. The Labute approximate surface area is 132 Å². The van der Waals surface area contributed by atoms with Crippen molar-refractivity contribution in [1.82, 2.24) is 9.78 Å². The van der Waals surface area contributed by atoms with Gasteiger partial charge in [0.25, 0.3) is 5.56 Å². The molecule has 21 heavy (non-hydrogen) atoms. The van der Waals surface area contributed by atoms with Gasteiger partial charge in [0.05, 0.1) is 11.9 Å². The minimum atomic E-state index is -0.208. The summed E-state index contributed by atoms with van der Waals surface area (Å²) in [5.41, 5.74) is 0.441. The summed E-state index contributed by atoms with van der Waals surface area (Å²) in [6, 6.07) is 0. The van der Waals surface area contributed by atoms with Crippen LogP contribution >= 0.6 is 11.6 Å². The Morgan fingerprint density at radius 2 is 2.00 bits per heavy atom. The lowest BCUT2D eigenvalue weighted by molar-refractivity contribution is 0.523. The maximum atomic E-state index is 11.9. The largest absolute Gasteiger partial charge is 0.382 e. The number of nitrogens with zero attached hydrogens (tertiary/aromatic N) is 2. The lowest BCUT2D eigenvalue weighted by atomic mass is 10.0. The molecule has 0 fully saturated rings. The number of aromatic nitrogens is 2. The Kier molecular flexibility index (Phi) is 8.43. The Morgan fingerprint density at radius 3 is 2.67 bits per heavy atom. The minimum Gasteiger partial charge on any atom is -0.382 e. The molecule has 0 saturated carbocycles. The fourth-order valence-corrected chi connectivity index (χ4v) is 2.43. The Balaban J connectivity index is 2.33. The summed E-state index contributed by atoms with van der Waals surface area (Å²) in [6.07, 6.45) is 8.69. The van der Waals surface area contributed by atoms with Crippen LogP contribution in [0.3, 0.4) is 0 Å². The number of hydrogen-bond donors (Lipinski definition) is 1. The van der Waals surface area contributed by atoms with Gasteiger partial charge in [0.2, 0.25) is 0 Å². The number of rotatable bonds is 10. The normalized spacial score (nSPS) is 11.1. The molecule has 0 atom stereocenters. The highest BCUT2D eigenvalue weighted by Crippen LogP contribution is 2.16. The summed E-state index contributed by atoms with van der Waals surface area (Å²) in [5.74, 6) is 0.794.